The van der Waals surface area contributed by atoms with Gasteiger partial charge in [0, 0.05) is 0 Å². The van der Waals surface area contributed by atoms with Crippen molar-refractivity contribution in [3.8, 4) is 0 Å². The summed E-state index contributed by atoms with van der Waals surface area (Å²) in [6.45, 7) is 19.0. The predicted octanol–water partition coefficient (Wildman–Crippen LogP) is 4.24. The van der Waals surface area contributed by atoms with Gasteiger partial charge in [-0.3, -0.25) is 0 Å². The number of hydrogen-bond acceptors (Lipinski definition) is 1. The van der Waals surface area contributed by atoms with Gasteiger partial charge in [-0.25, -0.2) is 0 Å². The van der Waals surface area contributed by atoms with E-state index in [1.54, 1.807) is 0 Å². The first kappa shape index (κ1) is 19.1. The standard InChI is InChI=1S/C12H29NP2SeTe/c1-9(2)14(16,10(3)4)13-15(17,11(5)6)12(7)8/h9-12H,1-8H3,(H,13,16,17). The Hall–Kier alpha value is 2.13. The fourth-order valence-electron chi connectivity index (χ4n) is 1.90. The van der Waals surface area contributed by atoms with Crippen molar-refractivity contribution < 1.29 is 0 Å². The summed E-state index contributed by atoms with van der Waals surface area (Å²) in [4.78, 5) is 4.18. The van der Waals surface area contributed by atoms with Crippen molar-refractivity contribution in [1.29, 1.82) is 0 Å². The Labute approximate surface area is 129 Å². The molecule has 0 amide bonds. The fourth-order valence-corrected chi connectivity index (χ4v) is 19.2. The van der Waals surface area contributed by atoms with Gasteiger partial charge < -0.3 is 0 Å². The van der Waals surface area contributed by atoms with Crippen LogP contribution in [0.15, 0.2) is 0 Å². The maximum atomic E-state index is 4.18. The van der Waals surface area contributed by atoms with Gasteiger partial charge >= 0.3 is 130 Å². The van der Waals surface area contributed by atoms with Gasteiger partial charge in [0.1, 0.15) is 0 Å². The van der Waals surface area contributed by atoms with Crippen molar-refractivity contribution in [2.24, 2.45) is 0 Å². The van der Waals surface area contributed by atoms with Crippen molar-refractivity contribution in [2.45, 2.75) is 78.0 Å². The van der Waals surface area contributed by atoms with E-state index in [-0.39, 0.29) is 0 Å². The van der Waals surface area contributed by atoms with Gasteiger partial charge in [0.05, 0.1) is 0 Å². The molecule has 104 valence electrons. The molecular weight excluding hydrogens is 427 g/mol. The number of nitrogens with one attached hydrogen (secondary N) is 1. The summed E-state index contributed by atoms with van der Waals surface area (Å²) in [5.41, 5.74) is 1.80. The molecule has 0 heterocycles. The zero-order valence-corrected chi connectivity index (χ0v) is 18.4. The van der Waals surface area contributed by atoms with Gasteiger partial charge in [-0.05, 0) is 0 Å². The monoisotopic (exact) mass is 459 g/mol. The summed E-state index contributed by atoms with van der Waals surface area (Å²) >= 11 is 6.00. The second-order valence-electron chi connectivity index (χ2n) is 5.89. The molecule has 0 aliphatic rings. The molecule has 1 nitrogen and oxygen atoms in total. The minimum absolute atomic E-state index is 0.723. The first-order valence-corrected chi connectivity index (χ1v) is 15.6. The molecule has 0 unspecified atom stereocenters. The van der Waals surface area contributed by atoms with Crippen molar-refractivity contribution in [3.63, 3.8) is 0 Å². The average molecular weight is 456 g/mol. The van der Waals surface area contributed by atoms with E-state index in [1.807, 2.05) is 0 Å². The summed E-state index contributed by atoms with van der Waals surface area (Å²) in [5.74, 6) is 0. The van der Waals surface area contributed by atoms with E-state index in [9.17, 15) is 0 Å². The van der Waals surface area contributed by atoms with Gasteiger partial charge in [0.15, 0.2) is 0 Å². The van der Waals surface area contributed by atoms with Crippen LogP contribution in [0, 0.1) is 0 Å². The van der Waals surface area contributed by atoms with Crippen LogP contribution >= 0.6 is 10.3 Å². The zero-order chi connectivity index (χ0) is 14.0. The van der Waals surface area contributed by atoms with E-state index >= 15 is 0 Å². The van der Waals surface area contributed by atoms with Crippen molar-refractivity contribution in [1.82, 2.24) is 4.86 Å². The van der Waals surface area contributed by atoms with Crippen LogP contribution in [-0.2, 0) is 0 Å². The number of hydrogen-bond donors (Lipinski definition) is 1. The molecule has 5 heteroatoms. The van der Waals surface area contributed by atoms with Gasteiger partial charge in [0.25, 0.3) is 0 Å². The van der Waals surface area contributed by atoms with Crippen LogP contribution in [0.5, 0.6) is 0 Å². The summed E-state index contributed by atoms with van der Waals surface area (Å²) < 4.78 is -1.06. The molecule has 0 spiro atoms. The third kappa shape index (κ3) is 4.57. The molecule has 0 aromatic heterocycles. The van der Waals surface area contributed by atoms with E-state index in [2.05, 4.69) is 96.6 Å². The molecule has 0 rings (SSSR count). The van der Waals surface area contributed by atoms with Crippen LogP contribution in [0.1, 0.15) is 55.4 Å². The molecule has 0 radical (unpaired) electrons. The molecule has 0 fully saturated rings. The van der Waals surface area contributed by atoms with Crippen LogP contribution in [-0.4, -0.2) is 59.0 Å². The van der Waals surface area contributed by atoms with Gasteiger partial charge in [0.2, 0.25) is 0 Å². The second kappa shape index (κ2) is 7.23. The molecule has 17 heavy (non-hydrogen) atoms. The molecule has 0 aliphatic heterocycles. The van der Waals surface area contributed by atoms with E-state index in [0.29, 0.717) is 0 Å². The quantitative estimate of drug-likeness (QED) is 0.466. The zero-order valence-electron chi connectivity index (χ0n) is 12.5. The molecule has 0 aromatic carbocycles. The van der Waals surface area contributed by atoms with Gasteiger partial charge in [-0.1, -0.05) is 0 Å². The molecule has 0 saturated carbocycles. The third-order valence-electron chi connectivity index (χ3n) is 3.38. The van der Waals surface area contributed by atoms with Crippen molar-refractivity contribution >= 4 is 46.6 Å². The summed E-state index contributed by atoms with van der Waals surface area (Å²) in [5, 5.41) is 0. The molecule has 0 atom stereocenters. The molecule has 0 bridgehead atoms. The van der Waals surface area contributed by atoms with Crippen molar-refractivity contribution in [2.75, 3.05) is 0 Å². The SMILES string of the molecule is CC(C)P(=[Se])(NP(=[Te])(C(C)C)C(C)C)C(C)C. The van der Waals surface area contributed by atoms with Crippen LogP contribution in [0.4, 0.5) is 0 Å². The predicted molar refractivity (Wildman–Crippen MR) is 89.0 cm³/mol. The topological polar surface area (TPSA) is 12.0 Å². The Morgan fingerprint density at radius 1 is 0.765 bits per heavy atom. The third-order valence-corrected chi connectivity index (χ3v) is 28.2. The summed E-state index contributed by atoms with van der Waals surface area (Å²) in [6.07, 6.45) is 0. The maximum absolute atomic E-state index is 4.18. The van der Waals surface area contributed by atoms with E-state index in [1.165, 1.54) is 0 Å². The molecule has 0 aromatic rings. The summed E-state index contributed by atoms with van der Waals surface area (Å²) in [7, 11) is 0. The minimum atomic E-state index is -1.17. The Kier molecular flexibility index (Phi) is 8.13. The Morgan fingerprint density at radius 3 is 1.24 bits per heavy atom. The first-order chi connectivity index (χ1) is 7.48. The van der Waals surface area contributed by atoms with E-state index < -0.39 is 10.3 Å². The van der Waals surface area contributed by atoms with Crippen molar-refractivity contribution in [3.05, 3.63) is 0 Å². The molecular formula is C12H29NP2SeTe. The van der Waals surface area contributed by atoms with Crippen LogP contribution in [0.3, 0.4) is 0 Å². The summed E-state index contributed by atoms with van der Waals surface area (Å²) in [6, 6.07) is 0. The van der Waals surface area contributed by atoms with E-state index in [4.69, 9.17) is 0 Å². The Balaban J connectivity index is 5.39. The van der Waals surface area contributed by atoms with Gasteiger partial charge in [-0.2, -0.15) is 0 Å². The Morgan fingerprint density at radius 2 is 1.06 bits per heavy atom. The molecule has 0 saturated heterocycles. The average Bonchev–Trinajstić information content (AvgIpc) is 2.15. The first-order valence-electron chi connectivity index (χ1n) is 6.46. The van der Waals surface area contributed by atoms with Gasteiger partial charge in [-0.15, -0.1) is 0 Å². The Bertz CT molecular complexity index is 281. The normalized spacial score (nSPS) is 14.4. The molecule has 1 N–H and O–H groups in total. The van der Waals surface area contributed by atoms with Crippen LogP contribution in [0.25, 0.3) is 0 Å². The second-order valence-corrected chi connectivity index (χ2v) is 22.6. The fraction of sp³-hybridized carbons (Fsp3) is 1.00. The molecule has 0 aliphatic carbocycles. The van der Waals surface area contributed by atoms with Crippen LogP contribution < -0.4 is 4.86 Å². The van der Waals surface area contributed by atoms with Crippen LogP contribution in [0.2, 0.25) is 0 Å². The van der Waals surface area contributed by atoms with E-state index in [0.717, 1.165) is 22.6 Å². The number of rotatable bonds is 6.